The maximum absolute atomic E-state index is 11.8. The molecule has 0 saturated heterocycles. The molecule has 8 heteroatoms. The van der Waals surface area contributed by atoms with Gasteiger partial charge >= 0.3 is 0 Å². The molecule has 2 aromatic rings. The summed E-state index contributed by atoms with van der Waals surface area (Å²) in [5.74, 6) is -0.627. The number of nitrogens with zero attached hydrogens (tertiary/aromatic N) is 2. The number of carbonyl (C=O) groups excluding carboxylic acids is 2. The van der Waals surface area contributed by atoms with E-state index in [4.69, 9.17) is 0 Å². The largest absolute Gasteiger partial charge is 0.349 e. The van der Waals surface area contributed by atoms with Crippen LogP contribution in [0.25, 0.3) is 0 Å². The minimum absolute atomic E-state index is 0.114. The fourth-order valence-electron chi connectivity index (χ4n) is 1.70. The van der Waals surface area contributed by atoms with E-state index in [9.17, 15) is 14.4 Å². The molecule has 2 rings (SSSR count). The number of nitrogens with one attached hydrogen (secondary N) is 3. The summed E-state index contributed by atoms with van der Waals surface area (Å²) in [6.07, 6.45) is 1.78. The molecule has 110 valence electrons. The lowest BCUT2D eigenvalue weighted by Gasteiger charge is -2.07. The van der Waals surface area contributed by atoms with Crippen LogP contribution in [0, 0.1) is 0 Å². The maximum atomic E-state index is 11.8. The summed E-state index contributed by atoms with van der Waals surface area (Å²) >= 11 is 0. The van der Waals surface area contributed by atoms with Crippen LogP contribution in [0.1, 0.15) is 21.0 Å². The van der Waals surface area contributed by atoms with E-state index >= 15 is 0 Å². The molecule has 0 atom stereocenters. The maximum Gasteiger partial charge on any atom is 0.271 e. The van der Waals surface area contributed by atoms with E-state index < -0.39 is 5.91 Å². The van der Waals surface area contributed by atoms with Crippen molar-refractivity contribution in [2.75, 3.05) is 13.1 Å². The first kappa shape index (κ1) is 14.5. The number of aryl methyl sites for hydroxylation is 1. The van der Waals surface area contributed by atoms with Gasteiger partial charge in [0.15, 0.2) is 0 Å². The number of aromatic nitrogens is 3. The quantitative estimate of drug-likeness (QED) is 0.630. The Morgan fingerprint density at radius 3 is 2.48 bits per heavy atom. The first-order chi connectivity index (χ1) is 10.1. The molecular weight excluding hydrogens is 274 g/mol. The Kier molecular flexibility index (Phi) is 4.50. The number of amides is 2. The molecule has 3 N–H and O–H groups in total. The van der Waals surface area contributed by atoms with E-state index in [0.717, 1.165) is 0 Å². The summed E-state index contributed by atoms with van der Waals surface area (Å²) in [5.41, 5.74) is 0.286. The van der Waals surface area contributed by atoms with Crippen LogP contribution in [0.15, 0.2) is 35.3 Å². The lowest BCUT2D eigenvalue weighted by atomic mass is 10.3. The van der Waals surface area contributed by atoms with Gasteiger partial charge in [-0.25, -0.2) is 5.10 Å². The Morgan fingerprint density at radius 2 is 1.90 bits per heavy atom. The Morgan fingerprint density at radius 1 is 1.19 bits per heavy atom. The number of H-pyrrole nitrogens is 1. The Balaban J connectivity index is 1.76. The molecule has 0 aliphatic carbocycles. The summed E-state index contributed by atoms with van der Waals surface area (Å²) in [6.45, 7) is 0.551. The molecule has 0 aromatic carbocycles. The van der Waals surface area contributed by atoms with Crippen LogP contribution in [0.2, 0.25) is 0 Å². The molecule has 2 amide bonds. The molecule has 2 aromatic heterocycles. The van der Waals surface area contributed by atoms with E-state index in [0.29, 0.717) is 12.2 Å². The van der Waals surface area contributed by atoms with E-state index in [1.807, 2.05) is 0 Å². The highest BCUT2D eigenvalue weighted by molar-refractivity contribution is 5.93. The Hall–Kier alpha value is -2.90. The molecule has 2 heterocycles. The molecule has 8 nitrogen and oxygen atoms in total. The van der Waals surface area contributed by atoms with Gasteiger partial charge in [0.2, 0.25) is 0 Å². The summed E-state index contributed by atoms with van der Waals surface area (Å²) in [5, 5.41) is 11.1. The highest BCUT2D eigenvalue weighted by Crippen LogP contribution is 1.98. The van der Waals surface area contributed by atoms with Crippen LogP contribution < -0.4 is 16.2 Å². The van der Waals surface area contributed by atoms with Crippen LogP contribution in [0.3, 0.4) is 0 Å². The van der Waals surface area contributed by atoms with Crippen molar-refractivity contribution in [3.05, 3.63) is 52.2 Å². The Bertz CT molecular complexity index is 683. The highest BCUT2D eigenvalue weighted by atomic mass is 16.2. The average Bonchev–Trinajstić information content (AvgIpc) is 2.90. The summed E-state index contributed by atoms with van der Waals surface area (Å²) in [7, 11) is 1.78. The highest BCUT2D eigenvalue weighted by Gasteiger charge is 2.09. The third-order valence-electron chi connectivity index (χ3n) is 2.78. The number of hydrogen-bond donors (Lipinski definition) is 3. The van der Waals surface area contributed by atoms with Gasteiger partial charge < -0.3 is 15.2 Å². The molecule has 0 saturated carbocycles. The standard InChI is InChI=1S/C13H15N5O3/c1-18-8-2-3-10(18)13(21)15-7-6-14-12(20)9-4-5-11(19)17-16-9/h2-5,8H,6-7H2,1H3,(H,14,20)(H,15,21)(H,17,19). The van der Waals surface area contributed by atoms with Crippen LogP contribution in [-0.4, -0.2) is 39.7 Å². The molecule has 0 bridgehead atoms. The average molecular weight is 289 g/mol. The van der Waals surface area contributed by atoms with Crippen LogP contribution in [0.5, 0.6) is 0 Å². The second kappa shape index (κ2) is 6.51. The minimum Gasteiger partial charge on any atom is -0.349 e. The van der Waals surface area contributed by atoms with Crippen molar-refractivity contribution in [2.24, 2.45) is 7.05 Å². The number of hydrogen-bond acceptors (Lipinski definition) is 4. The lowest BCUT2D eigenvalue weighted by Crippen LogP contribution is -2.35. The molecule has 0 aliphatic rings. The predicted octanol–water partition coefficient (Wildman–Crippen LogP) is -0.732. The van der Waals surface area contributed by atoms with E-state index in [1.165, 1.54) is 12.1 Å². The van der Waals surface area contributed by atoms with E-state index in [2.05, 4.69) is 20.8 Å². The summed E-state index contributed by atoms with van der Waals surface area (Å²) in [4.78, 5) is 34.3. The third-order valence-corrected chi connectivity index (χ3v) is 2.78. The van der Waals surface area contributed by atoms with Crippen molar-refractivity contribution in [3.8, 4) is 0 Å². The van der Waals surface area contributed by atoms with Gasteiger partial charge in [-0.05, 0) is 18.2 Å². The van der Waals surface area contributed by atoms with Crippen molar-refractivity contribution < 1.29 is 9.59 Å². The monoisotopic (exact) mass is 289 g/mol. The molecule has 0 spiro atoms. The van der Waals surface area contributed by atoms with Crippen molar-refractivity contribution in [1.82, 2.24) is 25.4 Å². The van der Waals surface area contributed by atoms with Gasteiger partial charge in [0, 0.05) is 32.4 Å². The first-order valence-corrected chi connectivity index (χ1v) is 6.31. The topological polar surface area (TPSA) is 109 Å². The molecule has 21 heavy (non-hydrogen) atoms. The smallest absolute Gasteiger partial charge is 0.271 e. The summed E-state index contributed by atoms with van der Waals surface area (Å²) < 4.78 is 1.71. The van der Waals surface area contributed by atoms with E-state index in [1.54, 1.807) is 29.9 Å². The SMILES string of the molecule is Cn1cccc1C(=O)NCCNC(=O)c1ccc(=O)[nH]n1. The second-order valence-corrected chi connectivity index (χ2v) is 4.32. The van der Waals surface area contributed by atoms with E-state index in [-0.39, 0.29) is 23.7 Å². The van der Waals surface area contributed by atoms with Crippen molar-refractivity contribution in [3.63, 3.8) is 0 Å². The zero-order chi connectivity index (χ0) is 15.2. The van der Waals surface area contributed by atoms with Gasteiger partial charge in [-0.3, -0.25) is 14.4 Å². The van der Waals surface area contributed by atoms with Gasteiger partial charge in [-0.2, -0.15) is 5.10 Å². The molecule has 0 aliphatic heterocycles. The summed E-state index contributed by atoms with van der Waals surface area (Å²) in [6, 6.07) is 6.03. The van der Waals surface area contributed by atoms with Crippen LogP contribution in [0.4, 0.5) is 0 Å². The molecule has 0 fully saturated rings. The molecule has 0 radical (unpaired) electrons. The van der Waals surface area contributed by atoms with Crippen molar-refractivity contribution in [1.29, 1.82) is 0 Å². The predicted molar refractivity (Wildman–Crippen MR) is 74.9 cm³/mol. The van der Waals surface area contributed by atoms with Gasteiger partial charge in [-0.1, -0.05) is 0 Å². The van der Waals surface area contributed by atoms with Crippen molar-refractivity contribution in [2.45, 2.75) is 0 Å². The zero-order valence-electron chi connectivity index (χ0n) is 11.4. The van der Waals surface area contributed by atoms with Gasteiger partial charge in [0.1, 0.15) is 11.4 Å². The van der Waals surface area contributed by atoms with Gasteiger partial charge in [0.25, 0.3) is 17.4 Å². The lowest BCUT2D eigenvalue weighted by molar-refractivity contribution is 0.0920. The van der Waals surface area contributed by atoms with Crippen molar-refractivity contribution >= 4 is 11.8 Å². The normalized spacial score (nSPS) is 10.1. The zero-order valence-corrected chi connectivity index (χ0v) is 11.4. The number of aromatic amines is 1. The third kappa shape index (κ3) is 3.78. The second-order valence-electron chi connectivity index (χ2n) is 4.32. The Labute approximate surface area is 120 Å². The van der Waals surface area contributed by atoms with Crippen LogP contribution >= 0.6 is 0 Å². The van der Waals surface area contributed by atoms with Crippen LogP contribution in [-0.2, 0) is 7.05 Å². The fourth-order valence-corrected chi connectivity index (χ4v) is 1.70. The minimum atomic E-state index is -0.417. The fraction of sp³-hybridized carbons (Fsp3) is 0.231. The first-order valence-electron chi connectivity index (χ1n) is 6.31. The van der Waals surface area contributed by atoms with Gasteiger partial charge in [-0.15, -0.1) is 0 Å². The molecule has 0 unspecified atom stereocenters. The number of carbonyl (C=O) groups is 2. The van der Waals surface area contributed by atoms with Gasteiger partial charge in [0.05, 0.1) is 0 Å². The number of rotatable bonds is 5. The molecular formula is C13H15N5O3.